The Labute approximate surface area is 172 Å². The van der Waals surface area contributed by atoms with Crippen molar-refractivity contribution >= 4 is 17.2 Å². The van der Waals surface area contributed by atoms with E-state index in [4.69, 9.17) is 10.7 Å². The van der Waals surface area contributed by atoms with Gasteiger partial charge in [0.2, 0.25) is 0 Å². The summed E-state index contributed by atoms with van der Waals surface area (Å²) in [6.07, 6.45) is 0. The van der Waals surface area contributed by atoms with Crippen LogP contribution in [-0.4, -0.2) is 19.7 Å². The van der Waals surface area contributed by atoms with Crippen LogP contribution in [0.15, 0.2) is 58.7 Å². The molecule has 0 fully saturated rings. The van der Waals surface area contributed by atoms with Crippen LogP contribution in [0.25, 0.3) is 33.1 Å². The zero-order chi connectivity index (χ0) is 20.5. The van der Waals surface area contributed by atoms with Crippen molar-refractivity contribution in [2.45, 2.75) is 26.8 Å². The fourth-order valence-electron chi connectivity index (χ4n) is 3.13. The van der Waals surface area contributed by atoms with Crippen LogP contribution in [0.3, 0.4) is 0 Å². The van der Waals surface area contributed by atoms with Gasteiger partial charge in [0, 0.05) is 28.3 Å². The Morgan fingerprint density at radius 3 is 2.45 bits per heavy atom. The summed E-state index contributed by atoms with van der Waals surface area (Å²) in [6.45, 7) is 5.81. The highest BCUT2D eigenvalue weighted by molar-refractivity contribution is 7.13. The minimum atomic E-state index is -0.135. The van der Waals surface area contributed by atoms with E-state index in [0.29, 0.717) is 11.5 Å². The Balaban J connectivity index is 1.99. The molecule has 0 bridgehead atoms. The van der Waals surface area contributed by atoms with Crippen molar-refractivity contribution < 1.29 is 0 Å². The van der Waals surface area contributed by atoms with Gasteiger partial charge < -0.3 is 5.73 Å². The molecule has 0 spiro atoms. The third kappa shape index (κ3) is 3.69. The summed E-state index contributed by atoms with van der Waals surface area (Å²) < 4.78 is 1.48. The number of nitrogens with zero attached hydrogens (tertiary/aromatic N) is 4. The van der Waals surface area contributed by atoms with Gasteiger partial charge in [-0.2, -0.15) is 5.10 Å². The van der Waals surface area contributed by atoms with Gasteiger partial charge in [0.05, 0.1) is 23.0 Å². The summed E-state index contributed by atoms with van der Waals surface area (Å²) in [7, 11) is 0. The summed E-state index contributed by atoms with van der Waals surface area (Å²) in [5.74, 6) is 0.416. The Bertz CT molecular complexity index is 1230. The van der Waals surface area contributed by atoms with Crippen molar-refractivity contribution in [2.75, 3.05) is 5.73 Å². The number of anilines is 1. The highest BCUT2D eigenvalue weighted by Gasteiger charge is 2.18. The van der Waals surface area contributed by atoms with Gasteiger partial charge in [0.1, 0.15) is 10.8 Å². The smallest absolute Gasteiger partial charge is 0.267 e. The van der Waals surface area contributed by atoms with E-state index in [2.05, 4.69) is 10.1 Å². The average molecular weight is 404 g/mol. The first kappa shape index (κ1) is 19.0. The Kier molecular flexibility index (Phi) is 4.98. The second kappa shape index (κ2) is 7.60. The van der Waals surface area contributed by atoms with Gasteiger partial charge >= 0.3 is 0 Å². The second-order valence-electron chi connectivity index (χ2n) is 7.07. The molecule has 6 nitrogen and oxygen atoms in total. The van der Waals surface area contributed by atoms with Gasteiger partial charge in [-0.3, -0.25) is 4.79 Å². The number of aryl methyl sites for hydroxylation is 1. The Morgan fingerprint density at radius 1 is 1.03 bits per heavy atom. The number of hydrogen-bond donors (Lipinski definition) is 1. The molecule has 2 N–H and O–H groups in total. The predicted octanol–water partition coefficient (Wildman–Crippen LogP) is 4.57. The first-order chi connectivity index (χ1) is 13.9. The van der Waals surface area contributed by atoms with Crippen LogP contribution >= 0.6 is 11.3 Å². The van der Waals surface area contributed by atoms with E-state index in [1.807, 2.05) is 62.5 Å². The molecular formula is C22H21N5OS. The highest BCUT2D eigenvalue weighted by Crippen LogP contribution is 2.37. The summed E-state index contributed by atoms with van der Waals surface area (Å²) in [5, 5.41) is 7.40. The Morgan fingerprint density at radius 2 is 1.79 bits per heavy atom. The summed E-state index contributed by atoms with van der Waals surface area (Å²) in [6, 6.07) is 15.0. The maximum atomic E-state index is 12.2. The van der Waals surface area contributed by atoms with E-state index in [1.54, 1.807) is 12.1 Å². The van der Waals surface area contributed by atoms with Gasteiger partial charge in [-0.25, -0.2) is 14.6 Å². The van der Waals surface area contributed by atoms with Crippen molar-refractivity contribution in [3.05, 3.63) is 70.0 Å². The maximum absolute atomic E-state index is 12.2. The molecule has 1 aromatic carbocycles. The van der Waals surface area contributed by atoms with Crippen LogP contribution in [0, 0.1) is 6.92 Å². The van der Waals surface area contributed by atoms with Crippen LogP contribution in [0.4, 0.5) is 5.82 Å². The molecule has 29 heavy (non-hydrogen) atoms. The molecule has 0 amide bonds. The van der Waals surface area contributed by atoms with Crippen LogP contribution < -0.4 is 11.3 Å². The monoisotopic (exact) mass is 403 g/mol. The molecule has 4 rings (SSSR count). The topological polar surface area (TPSA) is 86.7 Å². The van der Waals surface area contributed by atoms with Crippen molar-refractivity contribution in [1.29, 1.82) is 0 Å². The molecule has 0 aliphatic carbocycles. The fourth-order valence-corrected chi connectivity index (χ4v) is 3.95. The third-order valence-electron chi connectivity index (χ3n) is 4.54. The molecule has 0 saturated heterocycles. The molecule has 3 heterocycles. The molecular weight excluding hydrogens is 382 g/mol. The number of nitrogen functional groups attached to an aromatic ring is 1. The van der Waals surface area contributed by atoms with Gasteiger partial charge in [-0.05, 0) is 32.9 Å². The molecule has 0 atom stereocenters. The van der Waals surface area contributed by atoms with E-state index in [-0.39, 0.29) is 11.6 Å². The van der Waals surface area contributed by atoms with Crippen molar-refractivity contribution in [3.63, 3.8) is 0 Å². The van der Waals surface area contributed by atoms with Crippen molar-refractivity contribution in [3.8, 4) is 33.1 Å². The summed E-state index contributed by atoms with van der Waals surface area (Å²) in [5.41, 5.74) is 11.0. The van der Waals surface area contributed by atoms with E-state index in [1.165, 1.54) is 16.0 Å². The standard InChI is InChI=1S/C22H21N5OS/c1-13(2)27-19(28)10-9-18(26-27)16-11-17(22-24-14(3)12-29-22)21(23)25-20(16)15-7-5-4-6-8-15/h4-13H,1-3H3,(H2,23,25). The number of pyridine rings is 1. The first-order valence-electron chi connectivity index (χ1n) is 9.32. The third-order valence-corrected chi connectivity index (χ3v) is 5.53. The van der Waals surface area contributed by atoms with Gasteiger partial charge in [-0.15, -0.1) is 11.3 Å². The molecule has 0 aliphatic rings. The number of hydrogen-bond acceptors (Lipinski definition) is 6. The second-order valence-corrected chi connectivity index (χ2v) is 7.93. The Hall–Kier alpha value is -3.32. The van der Waals surface area contributed by atoms with Crippen LogP contribution in [-0.2, 0) is 0 Å². The van der Waals surface area contributed by atoms with Gasteiger partial charge in [0.25, 0.3) is 5.56 Å². The lowest BCUT2D eigenvalue weighted by atomic mass is 10.0. The van der Waals surface area contributed by atoms with Crippen LogP contribution in [0.5, 0.6) is 0 Å². The van der Waals surface area contributed by atoms with E-state index < -0.39 is 0 Å². The van der Waals surface area contributed by atoms with Crippen LogP contribution in [0.1, 0.15) is 25.6 Å². The zero-order valence-electron chi connectivity index (χ0n) is 16.5. The number of rotatable bonds is 4. The van der Waals surface area contributed by atoms with E-state index in [0.717, 1.165) is 33.1 Å². The van der Waals surface area contributed by atoms with Gasteiger partial charge in [-0.1, -0.05) is 30.3 Å². The molecule has 146 valence electrons. The molecule has 0 radical (unpaired) electrons. The minimum absolute atomic E-state index is 0.0505. The molecule has 0 saturated carbocycles. The molecule has 0 aliphatic heterocycles. The summed E-state index contributed by atoms with van der Waals surface area (Å²) in [4.78, 5) is 21.5. The molecule has 0 unspecified atom stereocenters. The van der Waals surface area contributed by atoms with Crippen molar-refractivity contribution in [1.82, 2.24) is 19.7 Å². The van der Waals surface area contributed by atoms with Gasteiger partial charge in [0.15, 0.2) is 0 Å². The lowest BCUT2D eigenvalue weighted by molar-refractivity contribution is 0.505. The predicted molar refractivity (Wildman–Crippen MR) is 118 cm³/mol. The lowest BCUT2D eigenvalue weighted by Gasteiger charge is -2.15. The minimum Gasteiger partial charge on any atom is -0.383 e. The van der Waals surface area contributed by atoms with Crippen LogP contribution in [0.2, 0.25) is 0 Å². The van der Waals surface area contributed by atoms with E-state index in [9.17, 15) is 4.79 Å². The lowest BCUT2D eigenvalue weighted by Crippen LogP contribution is -2.24. The largest absolute Gasteiger partial charge is 0.383 e. The number of aromatic nitrogens is 4. The first-order valence-corrected chi connectivity index (χ1v) is 10.2. The highest BCUT2D eigenvalue weighted by atomic mass is 32.1. The SMILES string of the molecule is Cc1csc(-c2cc(-c3ccc(=O)n(C(C)C)n3)c(-c3ccccc3)nc2N)n1. The average Bonchev–Trinajstić information content (AvgIpc) is 3.15. The maximum Gasteiger partial charge on any atom is 0.267 e. The zero-order valence-corrected chi connectivity index (χ0v) is 17.3. The molecule has 3 aromatic heterocycles. The van der Waals surface area contributed by atoms with Crippen molar-refractivity contribution in [2.24, 2.45) is 0 Å². The number of nitrogens with two attached hydrogens (primary N) is 1. The van der Waals surface area contributed by atoms with E-state index >= 15 is 0 Å². The normalized spacial score (nSPS) is 11.2. The summed E-state index contributed by atoms with van der Waals surface area (Å²) >= 11 is 1.53. The number of thiazole rings is 1. The molecule has 4 aromatic rings. The fraction of sp³-hybridized carbons (Fsp3) is 0.182. The molecule has 7 heteroatoms. The quantitative estimate of drug-likeness (QED) is 0.539. The number of benzene rings is 1.